The lowest BCUT2D eigenvalue weighted by Gasteiger charge is -2.35. The predicted octanol–water partition coefficient (Wildman–Crippen LogP) is 1.59. The third kappa shape index (κ3) is 5.16. The molecule has 3 rings (SSSR count). The van der Waals surface area contributed by atoms with Crippen molar-refractivity contribution in [2.75, 3.05) is 44.2 Å². The molecule has 2 atom stereocenters. The van der Waals surface area contributed by atoms with Crippen LogP contribution in [0.4, 0.5) is 5.95 Å². The number of nitrogens with zero attached hydrogens (tertiary/aromatic N) is 5. The molecule has 1 aromatic rings. The molecule has 0 aliphatic carbocycles. The molecule has 8 heteroatoms. The van der Waals surface area contributed by atoms with Crippen LogP contribution in [0, 0.1) is 11.8 Å². The molecule has 0 aromatic carbocycles. The van der Waals surface area contributed by atoms with Crippen molar-refractivity contribution in [1.29, 1.82) is 0 Å². The van der Waals surface area contributed by atoms with Crippen LogP contribution >= 0.6 is 24.0 Å². The van der Waals surface area contributed by atoms with E-state index in [0.717, 1.165) is 51.7 Å². The van der Waals surface area contributed by atoms with Gasteiger partial charge in [0.2, 0.25) is 5.95 Å². The monoisotopic (exact) mass is 460 g/mol. The molecule has 2 N–H and O–H groups in total. The number of aliphatic imine (C=N–C) groups is 1. The van der Waals surface area contributed by atoms with Crippen LogP contribution in [0.25, 0.3) is 0 Å². The molecule has 0 amide bonds. The van der Waals surface area contributed by atoms with E-state index in [1.54, 1.807) is 12.4 Å². The van der Waals surface area contributed by atoms with Gasteiger partial charge in [-0.25, -0.2) is 9.97 Å². The van der Waals surface area contributed by atoms with Crippen molar-refractivity contribution < 1.29 is 4.74 Å². The van der Waals surface area contributed by atoms with E-state index in [9.17, 15) is 0 Å². The second-order valence-electron chi connectivity index (χ2n) is 6.85. The van der Waals surface area contributed by atoms with E-state index in [1.807, 2.05) is 6.07 Å². The number of piperazine rings is 1. The minimum Gasteiger partial charge on any atom is -0.378 e. The van der Waals surface area contributed by atoms with Gasteiger partial charge in [-0.1, -0.05) is 13.8 Å². The minimum atomic E-state index is 0. The molecular formula is C17H29IN6O. The second-order valence-corrected chi connectivity index (χ2v) is 6.85. The van der Waals surface area contributed by atoms with Crippen LogP contribution in [0.2, 0.25) is 0 Å². The zero-order valence-corrected chi connectivity index (χ0v) is 17.4. The molecule has 2 fully saturated rings. The minimum absolute atomic E-state index is 0. The Labute approximate surface area is 167 Å². The molecule has 0 spiro atoms. The highest BCUT2D eigenvalue weighted by atomic mass is 127. The smallest absolute Gasteiger partial charge is 0.225 e. The van der Waals surface area contributed by atoms with Gasteiger partial charge in [-0.2, -0.15) is 0 Å². The number of aromatic nitrogens is 2. The third-order valence-electron chi connectivity index (χ3n) is 4.85. The summed E-state index contributed by atoms with van der Waals surface area (Å²) in [5, 5.41) is 0. The van der Waals surface area contributed by atoms with E-state index in [-0.39, 0.29) is 24.0 Å². The maximum Gasteiger partial charge on any atom is 0.225 e. The van der Waals surface area contributed by atoms with Gasteiger partial charge in [0, 0.05) is 57.6 Å². The topological polar surface area (TPSA) is 79.9 Å². The lowest BCUT2D eigenvalue weighted by molar-refractivity contribution is 0.0558. The molecule has 7 nitrogen and oxygen atoms in total. The number of nitrogens with two attached hydrogens (primary N) is 1. The van der Waals surface area contributed by atoms with E-state index < -0.39 is 0 Å². The van der Waals surface area contributed by atoms with Crippen molar-refractivity contribution in [3.63, 3.8) is 0 Å². The maximum atomic E-state index is 6.22. The predicted molar refractivity (Wildman–Crippen MR) is 110 cm³/mol. The van der Waals surface area contributed by atoms with Gasteiger partial charge in [0.25, 0.3) is 0 Å². The third-order valence-corrected chi connectivity index (χ3v) is 4.85. The zero-order valence-electron chi connectivity index (χ0n) is 15.0. The summed E-state index contributed by atoms with van der Waals surface area (Å²) in [6.07, 6.45) is 4.95. The van der Waals surface area contributed by atoms with Crippen molar-refractivity contribution >= 4 is 35.9 Å². The molecule has 2 unspecified atom stereocenters. The van der Waals surface area contributed by atoms with Crippen molar-refractivity contribution in [1.82, 2.24) is 14.9 Å². The Morgan fingerprint density at radius 1 is 1.28 bits per heavy atom. The van der Waals surface area contributed by atoms with Crippen LogP contribution in [-0.2, 0) is 4.74 Å². The van der Waals surface area contributed by atoms with Crippen LogP contribution < -0.4 is 10.6 Å². The Hall–Kier alpha value is -1.16. The first-order valence-corrected chi connectivity index (χ1v) is 8.83. The molecule has 0 radical (unpaired) electrons. The number of hydrogen-bond acceptors (Lipinski definition) is 5. The zero-order chi connectivity index (χ0) is 16.9. The van der Waals surface area contributed by atoms with Gasteiger partial charge >= 0.3 is 0 Å². The van der Waals surface area contributed by atoms with Gasteiger partial charge in [0.05, 0.1) is 6.10 Å². The van der Waals surface area contributed by atoms with Gasteiger partial charge in [-0.05, 0) is 18.4 Å². The van der Waals surface area contributed by atoms with E-state index in [2.05, 4.69) is 38.6 Å². The number of rotatable bonds is 4. The van der Waals surface area contributed by atoms with Crippen molar-refractivity contribution in [2.45, 2.75) is 26.4 Å². The molecule has 2 saturated heterocycles. The van der Waals surface area contributed by atoms with E-state index >= 15 is 0 Å². The van der Waals surface area contributed by atoms with Crippen molar-refractivity contribution in [2.24, 2.45) is 22.6 Å². The lowest BCUT2D eigenvalue weighted by atomic mass is 9.93. The summed E-state index contributed by atoms with van der Waals surface area (Å²) in [5.41, 5.74) is 6.22. The Balaban J connectivity index is 0.00000225. The average molecular weight is 460 g/mol. The summed E-state index contributed by atoms with van der Waals surface area (Å²) in [6.45, 7) is 9.45. The summed E-state index contributed by atoms with van der Waals surface area (Å²) in [7, 11) is 0. The normalized spacial score (nSPS) is 24.5. The number of anilines is 1. The molecule has 0 saturated carbocycles. The maximum absolute atomic E-state index is 6.22. The van der Waals surface area contributed by atoms with Gasteiger partial charge in [0.1, 0.15) is 0 Å². The fourth-order valence-electron chi connectivity index (χ4n) is 3.49. The lowest BCUT2D eigenvalue weighted by Crippen LogP contribution is -2.51. The van der Waals surface area contributed by atoms with E-state index in [1.165, 1.54) is 0 Å². The summed E-state index contributed by atoms with van der Waals surface area (Å²) in [6, 6.07) is 1.83. The number of halogens is 1. The molecule has 25 heavy (non-hydrogen) atoms. The Kier molecular flexibility index (Phi) is 7.67. The SMILES string of the molecule is CC(C)C1OCCC1CN=C(N)N1CCN(c2ncccn2)CC1.I. The summed E-state index contributed by atoms with van der Waals surface area (Å²) in [5.74, 6) is 2.46. The van der Waals surface area contributed by atoms with Gasteiger partial charge in [0.15, 0.2) is 5.96 Å². The summed E-state index contributed by atoms with van der Waals surface area (Å²) < 4.78 is 5.82. The summed E-state index contributed by atoms with van der Waals surface area (Å²) in [4.78, 5) is 17.6. The molecule has 0 bridgehead atoms. The van der Waals surface area contributed by atoms with Crippen LogP contribution in [0.5, 0.6) is 0 Å². The van der Waals surface area contributed by atoms with E-state index in [0.29, 0.717) is 23.9 Å². The van der Waals surface area contributed by atoms with Crippen molar-refractivity contribution in [3.8, 4) is 0 Å². The highest BCUT2D eigenvalue weighted by Gasteiger charge is 2.30. The second kappa shape index (κ2) is 9.51. The fraction of sp³-hybridized carbons (Fsp3) is 0.706. The Bertz CT molecular complexity index is 547. The van der Waals surface area contributed by atoms with Crippen LogP contribution in [0.3, 0.4) is 0 Å². The number of hydrogen-bond donors (Lipinski definition) is 1. The molecule has 2 aliphatic heterocycles. The number of guanidine groups is 1. The average Bonchev–Trinajstić information content (AvgIpc) is 3.09. The largest absolute Gasteiger partial charge is 0.378 e. The molecular weight excluding hydrogens is 431 g/mol. The quantitative estimate of drug-likeness (QED) is 0.418. The molecule has 140 valence electrons. The van der Waals surface area contributed by atoms with Gasteiger partial charge in [-0.15, -0.1) is 24.0 Å². The van der Waals surface area contributed by atoms with Crippen molar-refractivity contribution in [3.05, 3.63) is 18.5 Å². The van der Waals surface area contributed by atoms with Crippen LogP contribution in [0.15, 0.2) is 23.5 Å². The first-order valence-electron chi connectivity index (χ1n) is 8.83. The van der Waals surface area contributed by atoms with Crippen LogP contribution in [-0.4, -0.2) is 66.3 Å². The highest BCUT2D eigenvalue weighted by Crippen LogP contribution is 2.27. The van der Waals surface area contributed by atoms with E-state index in [4.69, 9.17) is 10.5 Å². The van der Waals surface area contributed by atoms with Gasteiger partial charge in [-0.3, -0.25) is 4.99 Å². The first-order chi connectivity index (χ1) is 11.6. The molecule has 2 aliphatic rings. The Morgan fingerprint density at radius 2 is 1.96 bits per heavy atom. The fourth-order valence-corrected chi connectivity index (χ4v) is 3.49. The van der Waals surface area contributed by atoms with Crippen LogP contribution in [0.1, 0.15) is 20.3 Å². The summed E-state index contributed by atoms with van der Waals surface area (Å²) >= 11 is 0. The van der Waals surface area contributed by atoms with Gasteiger partial charge < -0.3 is 20.3 Å². The Morgan fingerprint density at radius 3 is 2.60 bits per heavy atom. The highest BCUT2D eigenvalue weighted by molar-refractivity contribution is 14.0. The first kappa shape index (κ1) is 20.2. The molecule has 1 aromatic heterocycles. The standard InChI is InChI=1S/C17H28N6O.HI/c1-13(2)15-14(4-11-24-15)12-21-16(18)22-7-9-23(10-8-22)17-19-5-3-6-20-17;/h3,5-6,13-15H,4,7-12H2,1-2H3,(H2,18,21);1H. The number of ether oxygens (including phenoxy) is 1. The molecule has 3 heterocycles.